The molecule has 5 nitrogen and oxygen atoms in total. The Kier molecular flexibility index (Phi) is 6.33. The van der Waals surface area contributed by atoms with Gasteiger partial charge in [-0.3, -0.25) is 0 Å². The zero-order chi connectivity index (χ0) is 14.2. The Morgan fingerprint density at radius 2 is 2.10 bits per heavy atom. The van der Waals surface area contributed by atoms with E-state index >= 15 is 0 Å². The zero-order valence-corrected chi connectivity index (χ0v) is 12.9. The summed E-state index contributed by atoms with van der Waals surface area (Å²) in [6.07, 6.45) is 5.85. The van der Waals surface area contributed by atoms with E-state index in [1.54, 1.807) is 0 Å². The molecule has 1 saturated heterocycles. The number of hydrogen-bond acceptors (Lipinski definition) is 4. The van der Waals surface area contributed by atoms with Crippen LogP contribution < -0.4 is 5.32 Å². The maximum absolute atomic E-state index is 5.39. The minimum absolute atomic E-state index is 0.796. The Balaban J connectivity index is 1.74. The van der Waals surface area contributed by atoms with Crippen molar-refractivity contribution in [3.05, 3.63) is 11.9 Å². The number of hydrogen-bond donors (Lipinski definition) is 1. The van der Waals surface area contributed by atoms with Crippen LogP contribution in [0.15, 0.2) is 6.20 Å². The molecular formula is C15H28N4O. The van der Waals surface area contributed by atoms with E-state index in [9.17, 15) is 0 Å². The number of aromatic nitrogens is 2. The highest BCUT2D eigenvalue weighted by atomic mass is 16.5. The largest absolute Gasteiger partial charge is 0.382 e. The van der Waals surface area contributed by atoms with Crippen LogP contribution in [0.4, 0.5) is 5.95 Å². The first-order valence-electron chi connectivity index (χ1n) is 7.87. The molecule has 1 aromatic rings. The summed E-state index contributed by atoms with van der Waals surface area (Å²) in [7, 11) is 0. The van der Waals surface area contributed by atoms with E-state index in [2.05, 4.69) is 26.0 Å². The number of aryl methyl sites for hydroxylation is 2. The van der Waals surface area contributed by atoms with Crippen LogP contribution in [0.5, 0.6) is 0 Å². The Morgan fingerprint density at radius 3 is 2.85 bits per heavy atom. The Labute approximate surface area is 122 Å². The number of imidazole rings is 1. The lowest BCUT2D eigenvalue weighted by Crippen LogP contribution is -2.26. The molecule has 20 heavy (non-hydrogen) atoms. The van der Waals surface area contributed by atoms with E-state index in [4.69, 9.17) is 4.74 Å². The second-order valence-corrected chi connectivity index (χ2v) is 5.43. The van der Waals surface area contributed by atoms with E-state index in [-0.39, 0.29) is 0 Å². The van der Waals surface area contributed by atoms with Gasteiger partial charge in [-0.15, -0.1) is 0 Å². The minimum Gasteiger partial charge on any atom is -0.382 e. The van der Waals surface area contributed by atoms with Gasteiger partial charge in [-0.1, -0.05) is 0 Å². The molecule has 1 aliphatic heterocycles. The van der Waals surface area contributed by atoms with Crippen LogP contribution in [0.2, 0.25) is 0 Å². The standard InChI is InChI=1S/C15H28N4O/c1-3-20-12-6-10-19-13-14(2)17-15(19)16-7-11-18-8-4-5-9-18/h13H,3-12H2,1-2H3,(H,16,17). The van der Waals surface area contributed by atoms with Gasteiger partial charge in [0.25, 0.3) is 0 Å². The molecule has 2 rings (SSSR count). The first kappa shape index (κ1) is 15.3. The van der Waals surface area contributed by atoms with Crippen molar-refractivity contribution in [2.24, 2.45) is 0 Å². The lowest BCUT2D eigenvalue weighted by Gasteiger charge is -2.15. The van der Waals surface area contributed by atoms with Crippen molar-refractivity contribution in [3.8, 4) is 0 Å². The molecule has 0 aliphatic carbocycles. The predicted octanol–water partition coefficient (Wildman–Crippen LogP) is 2.13. The number of ether oxygens (including phenoxy) is 1. The molecule has 0 saturated carbocycles. The molecule has 0 atom stereocenters. The van der Waals surface area contributed by atoms with Crippen molar-refractivity contribution in [1.82, 2.24) is 14.5 Å². The maximum Gasteiger partial charge on any atom is 0.203 e. The predicted molar refractivity (Wildman–Crippen MR) is 82.2 cm³/mol. The minimum atomic E-state index is 0.796. The second-order valence-electron chi connectivity index (χ2n) is 5.43. The molecule has 0 spiro atoms. The van der Waals surface area contributed by atoms with Crippen LogP contribution >= 0.6 is 0 Å². The summed E-state index contributed by atoms with van der Waals surface area (Å²) in [6.45, 7) is 11.3. The normalized spacial score (nSPS) is 15.9. The summed E-state index contributed by atoms with van der Waals surface area (Å²) < 4.78 is 7.60. The lowest BCUT2D eigenvalue weighted by molar-refractivity contribution is 0.142. The Hall–Kier alpha value is -1.07. The summed E-state index contributed by atoms with van der Waals surface area (Å²) in [5.41, 5.74) is 1.07. The third-order valence-corrected chi connectivity index (χ3v) is 3.70. The number of anilines is 1. The smallest absolute Gasteiger partial charge is 0.203 e. The highest BCUT2D eigenvalue weighted by Crippen LogP contribution is 2.10. The number of nitrogens with one attached hydrogen (secondary N) is 1. The topological polar surface area (TPSA) is 42.3 Å². The molecule has 0 radical (unpaired) electrons. The molecule has 0 aromatic carbocycles. The molecule has 0 amide bonds. The van der Waals surface area contributed by atoms with Crippen molar-refractivity contribution < 1.29 is 4.74 Å². The van der Waals surface area contributed by atoms with E-state index in [0.29, 0.717) is 0 Å². The van der Waals surface area contributed by atoms with Crippen LogP contribution in [0.1, 0.15) is 31.9 Å². The van der Waals surface area contributed by atoms with Gasteiger partial charge in [-0.05, 0) is 46.2 Å². The third-order valence-electron chi connectivity index (χ3n) is 3.70. The molecular weight excluding hydrogens is 252 g/mol. The van der Waals surface area contributed by atoms with E-state index in [1.165, 1.54) is 25.9 Å². The Morgan fingerprint density at radius 1 is 1.30 bits per heavy atom. The first-order chi connectivity index (χ1) is 9.79. The fourth-order valence-electron chi connectivity index (χ4n) is 2.67. The summed E-state index contributed by atoms with van der Waals surface area (Å²) >= 11 is 0. The first-order valence-corrected chi connectivity index (χ1v) is 7.87. The van der Waals surface area contributed by atoms with Gasteiger partial charge >= 0.3 is 0 Å². The second kappa shape index (κ2) is 8.27. The number of nitrogens with zero attached hydrogens (tertiary/aromatic N) is 3. The summed E-state index contributed by atoms with van der Waals surface area (Å²) in [4.78, 5) is 7.08. The summed E-state index contributed by atoms with van der Waals surface area (Å²) in [5, 5.41) is 3.47. The maximum atomic E-state index is 5.39. The van der Waals surface area contributed by atoms with Crippen LogP contribution in [0, 0.1) is 6.92 Å². The van der Waals surface area contributed by atoms with Gasteiger partial charge in [0.2, 0.25) is 5.95 Å². The fraction of sp³-hybridized carbons (Fsp3) is 0.800. The average molecular weight is 280 g/mol. The summed E-state index contributed by atoms with van der Waals surface area (Å²) in [6, 6.07) is 0. The van der Waals surface area contributed by atoms with E-state index in [1.807, 2.05) is 13.8 Å². The van der Waals surface area contributed by atoms with Crippen molar-refractivity contribution in [3.63, 3.8) is 0 Å². The van der Waals surface area contributed by atoms with Gasteiger partial charge in [0.15, 0.2) is 0 Å². The monoisotopic (exact) mass is 280 g/mol. The number of rotatable bonds is 9. The van der Waals surface area contributed by atoms with Gasteiger partial charge in [0.05, 0.1) is 5.69 Å². The van der Waals surface area contributed by atoms with Crippen LogP contribution in [-0.4, -0.2) is 53.8 Å². The molecule has 1 N–H and O–H groups in total. The average Bonchev–Trinajstić information content (AvgIpc) is 3.05. The molecule has 5 heteroatoms. The quantitative estimate of drug-likeness (QED) is 0.704. The molecule has 114 valence electrons. The van der Waals surface area contributed by atoms with Gasteiger partial charge < -0.3 is 19.5 Å². The molecule has 1 fully saturated rings. The van der Waals surface area contributed by atoms with Crippen LogP contribution in [0.3, 0.4) is 0 Å². The molecule has 1 aliphatic rings. The van der Waals surface area contributed by atoms with Crippen molar-refractivity contribution >= 4 is 5.95 Å². The van der Waals surface area contributed by atoms with Crippen LogP contribution in [0.25, 0.3) is 0 Å². The highest BCUT2D eigenvalue weighted by molar-refractivity contribution is 5.28. The molecule has 1 aromatic heterocycles. The lowest BCUT2D eigenvalue weighted by atomic mass is 10.4. The highest BCUT2D eigenvalue weighted by Gasteiger charge is 2.11. The Bertz CT molecular complexity index is 385. The van der Waals surface area contributed by atoms with Gasteiger partial charge in [-0.25, -0.2) is 4.98 Å². The number of likely N-dealkylation sites (tertiary alicyclic amines) is 1. The van der Waals surface area contributed by atoms with Crippen molar-refractivity contribution in [2.45, 2.75) is 39.7 Å². The molecule has 0 bridgehead atoms. The van der Waals surface area contributed by atoms with Crippen molar-refractivity contribution in [1.29, 1.82) is 0 Å². The SMILES string of the molecule is CCOCCCn1cc(C)nc1NCCN1CCCC1. The molecule has 2 heterocycles. The van der Waals surface area contributed by atoms with Gasteiger partial charge in [0.1, 0.15) is 0 Å². The third kappa shape index (κ3) is 4.80. The van der Waals surface area contributed by atoms with Gasteiger partial charge in [0, 0.05) is 39.0 Å². The van der Waals surface area contributed by atoms with Crippen LogP contribution in [-0.2, 0) is 11.3 Å². The van der Waals surface area contributed by atoms with E-state index < -0.39 is 0 Å². The zero-order valence-electron chi connectivity index (χ0n) is 12.9. The molecule has 0 unspecified atom stereocenters. The van der Waals surface area contributed by atoms with Gasteiger partial charge in [-0.2, -0.15) is 0 Å². The fourth-order valence-corrected chi connectivity index (χ4v) is 2.67. The van der Waals surface area contributed by atoms with Crippen molar-refractivity contribution in [2.75, 3.05) is 44.7 Å². The summed E-state index contributed by atoms with van der Waals surface area (Å²) in [5.74, 6) is 0.998. The van der Waals surface area contributed by atoms with E-state index in [0.717, 1.165) is 50.9 Å².